The third-order valence-electron chi connectivity index (χ3n) is 6.28. The molecule has 0 amide bonds. The van der Waals surface area contributed by atoms with Crippen molar-refractivity contribution in [2.75, 3.05) is 18.1 Å². The smallest absolute Gasteiger partial charge is 0.229 e. The molecule has 0 saturated heterocycles. The Balaban J connectivity index is 0.000000414. The van der Waals surface area contributed by atoms with Gasteiger partial charge in [0.2, 0.25) is 5.95 Å². The summed E-state index contributed by atoms with van der Waals surface area (Å²) < 4.78 is 0. The summed E-state index contributed by atoms with van der Waals surface area (Å²) in [6.07, 6.45) is 6.18. The van der Waals surface area contributed by atoms with E-state index in [2.05, 4.69) is 40.0 Å². The van der Waals surface area contributed by atoms with Crippen LogP contribution in [-0.4, -0.2) is 34.0 Å². The molecule has 34 heavy (non-hydrogen) atoms. The van der Waals surface area contributed by atoms with Crippen LogP contribution >= 0.6 is 0 Å². The van der Waals surface area contributed by atoms with Crippen molar-refractivity contribution in [3.8, 4) is 11.1 Å². The van der Waals surface area contributed by atoms with E-state index in [0.717, 1.165) is 28.9 Å². The molecule has 5 nitrogen and oxygen atoms in total. The molecule has 0 radical (unpaired) electrons. The van der Waals surface area contributed by atoms with Gasteiger partial charge in [-0.05, 0) is 55.4 Å². The fraction of sp³-hybridized carbons (Fsp3) is 0.414. The lowest BCUT2D eigenvalue weighted by atomic mass is 9.97. The minimum absolute atomic E-state index is 0.0883. The maximum atomic E-state index is 11.8. The average Bonchev–Trinajstić information content (AvgIpc) is 3.57. The van der Waals surface area contributed by atoms with Crippen molar-refractivity contribution in [2.45, 2.75) is 59.8 Å². The number of aromatic nitrogens is 2. The van der Waals surface area contributed by atoms with Gasteiger partial charge in [0.1, 0.15) is 0 Å². The molecule has 1 N–H and O–H groups in total. The number of aliphatic hydroxyl groups excluding tert-OH is 1. The third-order valence-corrected chi connectivity index (χ3v) is 6.28. The molecule has 2 aromatic carbocycles. The number of hydrogen-bond donors (Lipinski definition) is 1. The van der Waals surface area contributed by atoms with Crippen molar-refractivity contribution in [1.82, 2.24) is 9.97 Å². The van der Waals surface area contributed by atoms with Gasteiger partial charge in [0.05, 0.1) is 0 Å². The van der Waals surface area contributed by atoms with Crippen LogP contribution in [-0.2, 0) is 5.41 Å². The minimum Gasteiger partial charge on any atom is -0.396 e. The Morgan fingerprint density at radius 3 is 2.24 bits per heavy atom. The number of carbonyl (C=O) groups excluding carboxylic acids is 1. The molecule has 2 aliphatic rings. The summed E-state index contributed by atoms with van der Waals surface area (Å²) in [6.45, 7) is 12.9. The van der Waals surface area contributed by atoms with E-state index in [1.807, 2.05) is 64.4 Å². The number of aliphatic hydroxyl groups is 1. The van der Waals surface area contributed by atoms with Crippen LogP contribution in [0, 0.1) is 12.8 Å². The summed E-state index contributed by atoms with van der Waals surface area (Å²) in [5.74, 6) is 1.23. The molecule has 1 fully saturated rings. The van der Waals surface area contributed by atoms with E-state index in [1.54, 1.807) is 6.92 Å². The Hall–Kier alpha value is -3.05. The van der Waals surface area contributed by atoms with Crippen molar-refractivity contribution in [1.29, 1.82) is 0 Å². The van der Waals surface area contributed by atoms with Crippen LogP contribution in [0.5, 0.6) is 0 Å². The fourth-order valence-electron chi connectivity index (χ4n) is 4.15. The predicted molar refractivity (Wildman–Crippen MR) is 140 cm³/mol. The van der Waals surface area contributed by atoms with E-state index in [9.17, 15) is 4.79 Å². The molecule has 180 valence electrons. The zero-order valence-electron chi connectivity index (χ0n) is 21.3. The summed E-state index contributed by atoms with van der Waals surface area (Å²) in [7, 11) is 0. The first kappa shape index (κ1) is 25.6. The van der Waals surface area contributed by atoms with Crippen molar-refractivity contribution in [2.24, 2.45) is 5.92 Å². The molecule has 5 rings (SSSR count). The van der Waals surface area contributed by atoms with Crippen molar-refractivity contribution in [3.05, 3.63) is 71.5 Å². The molecule has 0 bridgehead atoms. The molecule has 5 heteroatoms. The Labute approximate surface area is 203 Å². The number of fused-ring (bicyclic) bond motifs is 2. The maximum absolute atomic E-state index is 11.8. The number of ketones is 1. The van der Waals surface area contributed by atoms with Gasteiger partial charge in [0.15, 0.2) is 5.78 Å². The quantitative estimate of drug-likeness (QED) is 0.451. The van der Waals surface area contributed by atoms with Crippen LogP contribution in [0.2, 0.25) is 0 Å². The van der Waals surface area contributed by atoms with Crippen LogP contribution in [0.25, 0.3) is 11.1 Å². The summed E-state index contributed by atoms with van der Waals surface area (Å²) in [6, 6.07) is 14.3. The lowest BCUT2D eigenvalue weighted by Gasteiger charge is -2.18. The highest BCUT2D eigenvalue weighted by atomic mass is 16.3. The Morgan fingerprint density at radius 2 is 1.71 bits per heavy atom. The number of aryl methyl sites for hydroxylation is 1. The van der Waals surface area contributed by atoms with Gasteiger partial charge in [-0.1, -0.05) is 64.1 Å². The number of carbonyl (C=O) groups is 1. The largest absolute Gasteiger partial charge is 0.396 e. The predicted octanol–water partition coefficient (Wildman–Crippen LogP) is 6.50. The number of hydrogen-bond acceptors (Lipinski definition) is 5. The highest BCUT2D eigenvalue weighted by molar-refractivity contribution is 5.96. The molecule has 3 aromatic rings. The SMILES string of the molecule is CC.CC(=O)c1ccc2c(c1)N(c1ncc(-c3ccccc3C)cn1)CC21CC1.CC(C)CO. The number of Topliss-reactive ketones (excluding diaryl/α,β-unsaturated/α-hetero) is 1. The van der Waals surface area contributed by atoms with Crippen LogP contribution in [0.15, 0.2) is 54.9 Å². The van der Waals surface area contributed by atoms with Gasteiger partial charge >= 0.3 is 0 Å². The fourth-order valence-corrected chi connectivity index (χ4v) is 4.15. The molecule has 0 atom stereocenters. The van der Waals surface area contributed by atoms with Gasteiger partial charge in [-0.3, -0.25) is 4.79 Å². The molecular formula is C29H37N3O2. The lowest BCUT2D eigenvalue weighted by molar-refractivity contribution is 0.101. The first-order valence-electron chi connectivity index (χ1n) is 12.3. The molecule has 1 saturated carbocycles. The van der Waals surface area contributed by atoms with Gasteiger partial charge in [-0.25, -0.2) is 9.97 Å². The van der Waals surface area contributed by atoms with Crippen molar-refractivity contribution < 1.29 is 9.90 Å². The van der Waals surface area contributed by atoms with Gasteiger partial charge < -0.3 is 10.0 Å². The number of rotatable bonds is 4. The highest BCUT2D eigenvalue weighted by Gasteiger charge is 2.52. The van der Waals surface area contributed by atoms with Gasteiger partial charge in [0.25, 0.3) is 0 Å². The molecule has 1 aromatic heterocycles. The molecule has 0 unspecified atom stereocenters. The van der Waals surface area contributed by atoms with Gasteiger partial charge in [-0.15, -0.1) is 0 Å². The lowest BCUT2D eigenvalue weighted by Crippen LogP contribution is -2.21. The van der Waals surface area contributed by atoms with E-state index in [1.165, 1.54) is 24.0 Å². The van der Waals surface area contributed by atoms with E-state index in [-0.39, 0.29) is 11.2 Å². The van der Waals surface area contributed by atoms with E-state index in [4.69, 9.17) is 5.11 Å². The maximum Gasteiger partial charge on any atom is 0.229 e. The average molecular weight is 460 g/mol. The second-order valence-electron chi connectivity index (χ2n) is 9.32. The van der Waals surface area contributed by atoms with Crippen LogP contribution in [0.1, 0.15) is 68.9 Å². The molecule has 1 aliphatic carbocycles. The highest BCUT2D eigenvalue weighted by Crippen LogP contribution is 2.57. The van der Waals surface area contributed by atoms with Crippen LogP contribution < -0.4 is 4.90 Å². The zero-order valence-corrected chi connectivity index (χ0v) is 21.3. The molecule has 2 heterocycles. The van der Waals surface area contributed by atoms with E-state index in [0.29, 0.717) is 18.5 Å². The Morgan fingerprint density at radius 1 is 1.09 bits per heavy atom. The van der Waals surface area contributed by atoms with E-state index >= 15 is 0 Å². The second kappa shape index (κ2) is 10.9. The minimum atomic E-state index is 0.0883. The summed E-state index contributed by atoms with van der Waals surface area (Å²) in [5, 5.41) is 8.14. The Kier molecular flexibility index (Phi) is 8.21. The second-order valence-corrected chi connectivity index (χ2v) is 9.32. The topological polar surface area (TPSA) is 66.3 Å². The molecule has 1 aliphatic heterocycles. The number of nitrogens with zero attached hydrogens (tertiary/aromatic N) is 3. The first-order chi connectivity index (χ1) is 16.3. The standard InChI is InChI=1S/C23H21N3O.C4H10O.C2H6/c1-15-5-3-4-6-19(15)18-12-24-22(25-13-18)26-14-23(9-10-23)20-8-7-17(16(2)27)11-21(20)26;1-4(2)3-5;1-2/h3-8,11-13H,9-10,14H2,1-2H3;4-5H,3H2,1-2H3;1-2H3. The normalized spacial score (nSPS) is 14.6. The summed E-state index contributed by atoms with van der Waals surface area (Å²) in [5.41, 5.74) is 6.78. The Bertz CT molecular complexity index is 1120. The zero-order chi connectivity index (χ0) is 24.9. The molecular weight excluding hydrogens is 422 g/mol. The number of anilines is 2. The third kappa shape index (κ3) is 5.36. The monoisotopic (exact) mass is 459 g/mol. The number of benzene rings is 2. The van der Waals surface area contributed by atoms with Crippen molar-refractivity contribution >= 4 is 17.4 Å². The first-order valence-corrected chi connectivity index (χ1v) is 12.3. The van der Waals surface area contributed by atoms with Crippen molar-refractivity contribution in [3.63, 3.8) is 0 Å². The summed E-state index contributed by atoms with van der Waals surface area (Å²) >= 11 is 0. The molecule has 1 spiro atoms. The van der Waals surface area contributed by atoms with Crippen LogP contribution in [0.3, 0.4) is 0 Å². The van der Waals surface area contributed by atoms with E-state index < -0.39 is 0 Å². The van der Waals surface area contributed by atoms with Gasteiger partial charge in [-0.2, -0.15) is 0 Å². The summed E-state index contributed by atoms with van der Waals surface area (Å²) in [4.78, 5) is 23.4. The van der Waals surface area contributed by atoms with Crippen LogP contribution in [0.4, 0.5) is 11.6 Å². The van der Waals surface area contributed by atoms with Gasteiger partial charge in [0, 0.05) is 47.8 Å².